The van der Waals surface area contributed by atoms with Gasteiger partial charge < -0.3 is 70.4 Å². The van der Waals surface area contributed by atoms with Gasteiger partial charge in [-0.1, -0.05) is 123 Å². The van der Waals surface area contributed by atoms with Crippen LogP contribution >= 0.6 is 47.8 Å². The van der Waals surface area contributed by atoms with Crippen LogP contribution in [0.4, 0.5) is 26.3 Å². The van der Waals surface area contributed by atoms with E-state index < -0.39 is 133 Å². The minimum Gasteiger partial charge on any atom is -0.543 e. The van der Waals surface area contributed by atoms with Crippen molar-refractivity contribution in [3.8, 4) is 52.4 Å². The van der Waals surface area contributed by atoms with E-state index in [0.717, 1.165) is 95.0 Å². The molecule has 0 heterocycles. The Bertz CT molecular complexity index is 6910. The molecular formula is C113H137Br3F6O24S2Si. The van der Waals surface area contributed by atoms with Crippen LogP contribution in [0.15, 0.2) is 135 Å². The van der Waals surface area contributed by atoms with Gasteiger partial charge in [0.25, 0.3) is 8.32 Å². The maximum atomic E-state index is 13.3. The van der Waals surface area contributed by atoms with Gasteiger partial charge in [0.2, 0.25) is 0 Å². The quantitative estimate of drug-likeness (QED) is 0.00836. The number of phenolic OH excluding ortho intramolecular Hbond substituents is 2. The molecule has 36 heteroatoms. The number of hydrogen-bond acceptors (Lipinski definition) is 24. The van der Waals surface area contributed by atoms with E-state index in [2.05, 4.69) is 119 Å². The first kappa shape index (κ1) is 124. The van der Waals surface area contributed by atoms with Crippen LogP contribution in [0.2, 0.25) is 18.1 Å². The molecule has 12 rings (SSSR count). The Kier molecular flexibility index (Phi) is 42.6. The molecule has 149 heavy (non-hydrogen) atoms. The number of aryl methyl sites for hydroxylation is 5. The van der Waals surface area contributed by atoms with Crippen molar-refractivity contribution in [2.24, 2.45) is 11.8 Å². The molecule has 2 fully saturated rings. The number of rotatable bonds is 29. The molecule has 10 aromatic carbocycles. The van der Waals surface area contributed by atoms with Crippen LogP contribution in [-0.4, -0.2) is 137 Å². The summed E-state index contributed by atoms with van der Waals surface area (Å²) in [6.45, 7) is 51.6. The summed E-state index contributed by atoms with van der Waals surface area (Å²) in [4.78, 5) is 63.7. The number of ether oxygens (including phenoxy) is 10. The van der Waals surface area contributed by atoms with Crippen LogP contribution in [0.25, 0.3) is 53.9 Å². The van der Waals surface area contributed by atoms with E-state index in [1.807, 2.05) is 145 Å². The fraction of sp³-hybridized carbons (Fsp3) is 0.478. The summed E-state index contributed by atoms with van der Waals surface area (Å²) < 4.78 is 202. The first-order valence-electron chi connectivity index (χ1n) is 49.2. The van der Waals surface area contributed by atoms with E-state index in [4.69, 9.17) is 51.8 Å². The summed E-state index contributed by atoms with van der Waals surface area (Å²) in [5.41, 5.74) is -8.82. The van der Waals surface area contributed by atoms with Crippen LogP contribution in [0, 0.1) is 70.1 Å². The number of alkyl halides is 6. The molecule has 2 N–H and O–H groups in total. The molecule has 0 unspecified atom stereocenters. The SMILES string of the molecule is CCOC(=O)[C@@H](OC(C)(C)C)c1c(C)cc2cc(Br)ccc2c1O.CCOC(=O)[C@@H](OC(C)(C)C)c1c(C)cc2cc(Br)ccc2c1OS(=O)(=O)C(F)(F)F.CCOC(=O)[C@@H](OC(C)(C)C)c1c(C)cc2cc(Br)ccc2c1O[Si](CC)(CC)CC.CCOC(=O)[C@@H](OC(C)(C)C)c1c(C)cc2cc(C#CC3CC3)ccc2c1O.CCOC(=O)[C@@H](OC(C)(C)C)c1c(C)cc2cc(C#CC3CC3)ccc2c1OS(=O)(=O)C(F)(F)F. The van der Waals surface area contributed by atoms with Crippen LogP contribution in [0.5, 0.6) is 28.7 Å². The van der Waals surface area contributed by atoms with Crippen LogP contribution in [-0.2, 0) is 91.6 Å². The van der Waals surface area contributed by atoms with Crippen molar-refractivity contribution in [3.63, 3.8) is 0 Å². The molecule has 812 valence electrons. The van der Waals surface area contributed by atoms with E-state index in [1.54, 1.807) is 99.6 Å². The molecule has 24 nitrogen and oxygen atoms in total. The molecule has 2 aliphatic carbocycles. The molecule has 0 spiro atoms. The van der Waals surface area contributed by atoms with Gasteiger partial charge in [0.15, 0.2) is 42.0 Å². The van der Waals surface area contributed by atoms with Gasteiger partial charge in [0.05, 0.1) is 61.0 Å². The van der Waals surface area contributed by atoms with Crippen molar-refractivity contribution in [2.75, 3.05) is 33.0 Å². The monoisotopic (exact) mass is 2320 g/mol. The first-order valence-corrected chi connectivity index (χ1v) is 56.9. The minimum absolute atomic E-state index is 0.0144. The molecular weight excluding hydrogens is 2190 g/mol. The van der Waals surface area contributed by atoms with E-state index in [1.165, 1.54) is 44.9 Å². The zero-order valence-corrected chi connectivity index (χ0v) is 97.1. The van der Waals surface area contributed by atoms with E-state index in [0.29, 0.717) is 72.3 Å². The Morgan fingerprint density at radius 2 is 0.564 bits per heavy atom. The number of halogens is 9. The van der Waals surface area contributed by atoms with Gasteiger partial charge in [-0.05, 0) is 363 Å². The second-order valence-corrected chi connectivity index (χ2v) is 51.4. The Balaban J connectivity index is 0.000000228. The van der Waals surface area contributed by atoms with Crippen LogP contribution in [0.3, 0.4) is 0 Å². The highest BCUT2D eigenvalue weighted by atomic mass is 79.9. The van der Waals surface area contributed by atoms with Crippen LogP contribution in [0.1, 0.15) is 282 Å². The molecule has 2 aliphatic rings. The van der Waals surface area contributed by atoms with Gasteiger partial charge in [-0.2, -0.15) is 43.2 Å². The van der Waals surface area contributed by atoms with Gasteiger partial charge >= 0.3 is 61.1 Å². The molecule has 0 radical (unpaired) electrons. The lowest BCUT2D eigenvalue weighted by Gasteiger charge is -2.34. The van der Waals surface area contributed by atoms with Crippen molar-refractivity contribution >= 4 is 160 Å². The average Bonchev–Trinajstić information content (AvgIpc) is 1.67. The van der Waals surface area contributed by atoms with Crippen molar-refractivity contribution in [1.82, 2.24) is 0 Å². The number of fused-ring (bicyclic) bond motifs is 5. The number of hydrogen-bond donors (Lipinski definition) is 2. The van der Waals surface area contributed by atoms with Gasteiger partial charge in [0, 0.05) is 91.1 Å². The summed E-state index contributed by atoms with van der Waals surface area (Å²) in [5, 5.41) is 27.9. The summed E-state index contributed by atoms with van der Waals surface area (Å²) in [7, 11) is -14.1. The highest BCUT2D eigenvalue weighted by Crippen LogP contribution is 2.50. The van der Waals surface area contributed by atoms with Crippen molar-refractivity contribution < 1.29 is 138 Å². The lowest BCUT2D eigenvalue weighted by atomic mass is 9.95. The maximum absolute atomic E-state index is 13.3. The number of phenols is 2. The Labute approximate surface area is 897 Å². The molecule has 0 saturated heterocycles. The van der Waals surface area contributed by atoms with Crippen LogP contribution < -0.4 is 12.8 Å². The molecule has 5 atom stereocenters. The van der Waals surface area contributed by atoms with Gasteiger partial charge in [-0.3, -0.25) is 0 Å². The predicted octanol–water partition coefficient (Wildman–Crippen LogP) is 28.9. The number of carbonyl (C=O) groups excluding carboxylic acids is 5. The number of carbonyl (C=O) groups is 5. The summed E-state index contributed by atoms with van der Waals surface area (Å²) >= 11 is 10.3. The zero-order chi connectivity index (χ0) is 112. The van der Waals surface area contributed by atoms with E-state index in [9.17, 15) is 77.4 Å². The Hall–Kier alpha value is -10.1. The third-order valence-corrected chi connectivity index (χ3v) is 30.9. The Morgan fingerprint density at radius 1 is 0.342 bits per heavy atom. The normalized spacial score (nSPS) is 14.2. The smallest absolute Gasteiger partial charge is 0.534 e. The minimum atomic E-state index is -6.06. The van der Waals surface area contributed by atoms with Crippen molar-refractivity contribution in [1.29, 1.82) is 0 Å². The highest BCUT2D eigenvalue weighted by Gasteiger charge is 2.52. The van der Waals surface area contributed by atoms with Crippen molar-refractivity contribution in [3.05, 3.63) is 202 Å². The standard InChI is InChI=1S/C25H37BrO4Si.C25H27F3O6S.C24H28O4.C20H22BrF3O6S.C19H23BrO4/c1-9-28-24(27)23(29-25(6,7)8)21-17(5)15-18-16-19(26)13-14-20(18)22(21)30-31(10-2,11-3)12-4;1-6-32-23(29)22(33-24(3,4)5)20-15(2)13-18-14-17(10-9-16-7-8-16)11-12-19(18)21(20)34-35(30,31)25(26,27)28;1-6-27-23(26)22(28-24(3,4)5)20-15(2)13-18-14-17(10-9-16-7-8-16)11-12-19(18)21(20)25;1-6-28-18(25)17(29-19(3,4)5)15-11(2)9-12-10-13(21)7-8-14(12)16(15)30-31(26,27)20(22,23)24;1-6-23-18(22)17(24-19(3,4)5)15-11(2)9-12-10-13(20)7-8-14(12)16(15)21/h13-16,23H,9-12H2,1-8H3;11-14,16,22H,6-8H2,1-5H3;11-14,16,22,25H,6-8H2,1-5H3;7-10,17H,6H2,1-5H3;7-10,17,21H,6H2,1-5H3/t23-;2*22-;2*17-/m00000/s1. The lowest BCUT2D eigenvalue weighted by molar-refractivity contribution is -0.167. The van der Waals surface area contributed by atoms with Gasteiger partial charge in [-0.25, -0.2) is 24.0 Å². The highest BCUT2D eigenvalue weighted by molar-refractivity contribution is 9.11. The third-order valence-electron chi connectivity index (χ3n) is 23.0. The molecule has 10 aromatic rings. The second-order valence-electron chi connectivity index (χ2n) is 40.9. The fourth-order valence-corrected chi connectivity index (χ4v) is 20.7. The summed E-state index contributed by atoms with van der Waals surface area (Å²) in [5.74, 6) is 9.95. The number of esters is 5. The van der Waals surface area contributed by atoms with E-state index in [-0.39, 0.29) is 65.8 Å². The largest absolute Gasteiger partial charge is 0.543 e. The third kappa shape index (κ3) is 34.2. The topological polar surface area (TPSA) is 314 Å². The maximum Gasteiger partial charge on any atom is 0.534 e. The van der Waals surface area contributed by atoms with Gasteiger partial charge in [0.1, 0.15) is 17.2 Å². The fourth-order valence-electron chi connectivity index (χ4n) is 16.0. The lowest BCUT2D eigenvalue weighted by Crippen LogP contribution is -2.40. The zero-order valence-electron chi connectivity index (χ0n) is 89.7. The second kappa shape index (κ2) is 51.1. The molecule has 0 aliphatic heterocycles. The first-order chi connectivity index (χ1) is 69.0. The molecule has 0 bridgehead atoms. The average molecular weight is 2330 g/mol. The number of aromatic hydroxyl groups is 2. The van der Waals surface area contributed by atoms with E-state index >= 15 is 0 Å². The molecule has 0 amide bonds. The number of benzene rings is 10. The van der Waals surface area contributed by atoms with Gasteiger partial charge in [-0.15, -0.1) is 0 Å². The predicted molar refractivity (Wildman–Crippen MR) is 579 cm³/mol. The Morgan fingerprint density at radius 3 is 0.819 bits per heavy atom. The van der Waals surface area contributed by atoms with Crippen molar-refractivity contribution in [2.45, 2.75) is 307 Å². The molecule has 0 aromatic heterocycles. The summed E-state index contributed by atoms with van der Waals surface area (Å²) in [6, 6.07) is 38.9. The summed E-state index contributed by atoms with van der Waals surface area (Å²) in [6.07, 6.45) is -1.44. The molecule has 2 saturated carbocycles.